The molecular formula is C58H38N2S. The Labute approximate surface area is 359 Å². The zero-order chi connectivity index (χ0) is 40.3. The first kappa shape index (κ1) is 35.4. The van der Waals surface area contributed by atoms with Gasteiger partial charge >= 0.3 is 0 Å². The normalized spacial score (nSPS) is 12.7. The second-order valence-electron chi connectivity index (χ2n) is 15.8. The quantitative estimate of drug-likeness (QED) is 0.160. The summed E-state index contributed by atoms with van der Waals surface area (Å²) in [5, 5.41) is 3.68. The van der Waals surface area contributed by atoms with E-state index in [1.54, 1.807) is 0 Å². The van der Waals surface area contributed by atoms with E-state index >= 15 is 0 Å². The molecule has 9 aromatic carbocycles. The van der Waals surface area contributed by atoms with Crippen LogP contribution in [0.25, 0.3) is 64.5 Å². The highest BCUT2D eigenvalue weighted by Crippen LogP contribution is 2.59. The molecule has 0 fully saturated rings. The van der Waals surface area contributed by atoms with Crippen molar-refractivity contribution in [2.75, 3.05) is 4.90 Å². The summed E-state index contributed by atoms with van der Waals surface area (Å²) in [7, 11) is 0. The Morgan fingerprint density at radius 2 is 1.00 bits per heavy atom. The zero-order valence-electron chi connectivity index (χ0n) is 33.2. The topological polar surface area (TPSA) is 16.1 Å². The van der Waals surface area contributed by atoms with Crippen LogP contribution >= 0.6 is 11.3 Å². The van der Waals surface area contributed by atoms with Crippen LogP contribution in [0.3, 0.4) is 0 Å². The second kappa shape index (κ2) is 14.3. The fourth-order valence-corrected chi connectivity index (χ4v) is 11.1. The average molecular weight is 795 g/mol. The summed E-state index contributed by atoms with van der Waals surface area (Å²) in [4.78, 5) is 7.42. The van der Waals surface area contributed by atoms with Gasteiger partial charge in [0.15, 0.2) is 0 Å². The molecule has 0 radical (unpaired) electrons. The number of hydrogen-bond donors (Lipinski definition) is 0. The van der Waals surface area contributed by atoms with Gasteiger partial charge in [0.05, 0.1) is 31.7 Å². The van der Waals surface area contributed by atoms with E-state index in [1.807, 2.05) is 11.3 Å². The van der Waals surface area contributed by atoms with Crippen LogP contribution in [-0.4, -0.2) is 4.98 Å². The lowest BCUT2D eigenvalue weighted by Gasteiger charge is -2.35. The first-order valence-corrected chi connectivity index (χ1v) is 21.7. The van der Waals surface area contributed by atoms with Crippen molar-refractivity contribution < 1.29 is 0 Å². The van der Waals surface area contributed by atoms with E-state index < -0.39 is 5.41 Å². The molecular weight excluding hydrogens is 757 g/mol. The van der Waals surface area contributed by atoms with E-state index in [9.17, 15) is 0 Å². The lowest BCUT2D eigenvalue weighted by Crippen LogP contribution is -2.28. The molecule has 0 N–H and O–H groups in total. The van der Waals surface area contributed by atoms with Gasteiger partial charge in [-0.1, -0.05) is 188 Å². The lowest BCUT2D eigenvalue weighted by molar-refractivity contribution is 0.769. The molecule has 0 saturated carbocycles. The van der Waals surface area contributed by atoms with E-state index in [4.69, 9.17) is 4.98 Å². The number of thiophene rings is 1. The summed E-state index contributed by atoms with van der Waals surface area (Å²) in [6.07, 6.45) is 2.06. The first-order valence-electron chi connectivity index (χ1n) is 20.9. The van der Waals surface area contributed by atoms with Crippen LogP contribution in [-0.2, 0) is 5.41 Å². The van der Waals surface area contributed by atoms with Crippen LogP contribution < -0.4 is 4.90 Å². The van der Waals surface area contributed by atoms with Gasteiger partial charge in [0.25, 0.3) is 0 Å². The van der Waals surface area contributed by atoms with Gasteiger partial charge in [0, 0.05) is 33.6 Å². The number of fused-ring (bicyclic) bond motifs is 8. The van der Waals surface area contributed by atoms with Gasteiger partial charge in [0.1, 0.15) is 0 Å². The highest BCUT2D eigenvalue weighted by Gasteiger charge is 2.46. The Morgan fingerprint density at radius 1 is 0.410 bits per heavy atom. The maximum atomic E-state index is 4.91. The third-order valence-electron chi connectivity index (χ3n) is 12.6. The molecule has 11 aromatic rings. The molecule has 1 aliphatic carbocycles. The van der Waals surface area contributed by atoms with Gasteiger partial charge in [-0.25, -0.2) is 0 Å². The Bertz CT molecular complexity index is 3350. The minimum Gasteiger partial charge on any atom is -0.308 e. The van der Waals surface area contributed by atoms with E-state index in [-0.39, 0.29) is 0 Å². The molecule has 2 aromatic heterocycles. The van der Waals surface area contributed by atoms with Crippen molar-refractivity contribution in [3.8, 4) is 33.4 Å². The number of anilines is 3. The fourth-order valence-electron chi connectivity index (χ4n) is 9.95. The fraction of sp³-hybridized carbons (Fsp3) is 0.0172. The Kier molecular flexibility index (Phi) is 8.29. The zero-order valence-corrected chi connectivity index (χ0v) is 34.1. The van der Waals surface area contributed by atoms with Crippen molar-refractivity contribution in [3.05, 3.63) is 253 Å². The van der Waals surface area contributed by atoms with Gasteiger partial charge in [0.2, 0.25) is 0 Å². The van der Waals surface area contributed by atoms with E-state index in [1.165, 1.54) is 75.6 Å². The molecule has 2 heterocycles. The van der Waals surface area contributed by atoms with Gasteiger partial charge in [-0.2, -0.15) is 0 Å². The van der Waals surface area contributed by atoms with Crippen LogP contribution in [0.5, 0.6) is 0 Å². The smallest absolute Gasteiger partial charge is 0.0713 e. The molecule has 12 rings (SSSR count). The Balaban J connectivity index is 1.19. The summed E-state index contributed by atoms with van der Waals surface area (Å²) < 4.78 is 2.41. The molecule has 0 bridgehead atoms. The van der Waals surface area contributed by atoms with E-state index in [0.717, 1.165) is 28.1 Å². The molecule has 1 aliphatic rings. The predicted molar refractivity (Wildman–Crippen MR) is 257 cm³/mol. The maximum Gasteiger partial charge on any atom is 0.0713 e. The van der Waals surface area contributed by atoms with Crippen molar-refractivity contribution in [1.29, 1.82) is 0 Å². The highest BCUT2D eigenvalue weighted by molar-refractivity contribution is 7.26. The van der Waals surface area contributed by atoms with Crippen molar-refractivity contribution in [1.82, 2.24) is 4.98 Å². The first-order chi connectivity index (χ1) is 30.3. The Morgan fingerprint density at radius 3 is 1.72 bits per heavy atom. The number of para-hydroxylation sites is 1. The molecule has 2 nitrogen and oxygen atoms in total. The molecule has 286 valence electrons. The summed E-state index contributed by atoms with van der Waals surface area (Å²) >= 11 is 1.83. The Hall–Kier alpha value is -7.59. The van der Waals surface area contributed by atoms with Crippen LogP contribution in [0.4, 0.5) is 17.1 Å². The van der Waals surface area contributed by atoms with Gasteiger partial charge in [-0.3, -0.25) is 4.98 Å². The predicted octanol–water partition coefficient (Wildman–Crippen LogP) is 15.8. The van der Waals surface area contributed by atoms with Crippen molar-refractivity contribution in [2.45, 2.75) is 5.41 Å². The molecule has 61 heavy (non-hydrogen) atoms. The number of hydrogen-bond acceptors (Lipinski definition) is 3. The summed E-state index contributed by atoms with van der Waals surface area (Å²) in [5.74, 6) is 0. The van der Waals surface area contributed by atoms with Gasteiger partial charge in [-0.15, -0.1) is 11.3 Å². The number of benzene rings is 9. The van der Waals surface area contributed by atoms with E-state index in [0.29, 0.717) is 0 Å². The van der Waals surface area contributed by atoms with Gasteiger partial charge in [-0.05, 0) is 86.5 Å². The number of rotatable bonds is 7. The third kappa shape index (κ3) is 5.51. The molecule has 3 heteroatoms. The van der Waals surface area contributed by atoms with Crippen molar-refractivity contribution >= 4 is 59.5 Å². The van der Waals surface area contributed by atoms with Crippen molar-refractivity contribution in [3.63, 3.8) is 0 Å². The second-order valence-corrected chi connectivity index (χ2v) is 16.9. The molecule has 0 unspecified atom stereocenters. The monoisotopic (exact) mass is 794 g/mol. The maximum absolute atomic E-state index is 4.91. The SMILES string of the molecule is c1ccc(-c2ccc(N(c3cc4c(cc3-c3ccccc3)C(c3ccccc3)(c3ccccc3)c3ccccc3-4)c3cccc4c3sc3cnc5ccccc5c34)cc2)cc1. The summed E-state index contributed by atoms with van der Waals surface area (Å²) in [6.45, 7) is 0. The average Bonchev–Trinajstić information content (AvgIpc) is 3.87. The van der Waals surface area contributed by atoms with E-state index in [2.05, 4.69) is 236 Å². The third-order valence-corrected chi connectivity index (χ3v) is 13.8. The number of aromatic nitrogens is 1. The van der Waals surface area contributed by atoms with Gasteiger partial charge < -0.3 is 4.90 Å². The van der Waals surface area contributed by atoms with Crippen LogP contribution in [0.2, 0.25) is 0 Å². The number of nitrogens with zero attached hydrogens (tertiary/aromatic N) is 2. The van der Waals surface area contributed by atoms with Crippen LogP contribution in [0, 0.1) is 0 Å². The molecule has 0 aliphatic heterocycles. The minimum absolute atomic E-state index is 0.530. The largest absolute Gasteiger partial charge is 0.308 e. The number of pyridine rings is 1. The highest BCUT2D eigenvalue weighted by atomic mass is 32.1. The molecule has 0 atom stereocenters. The standard InChI is InChI=1S/C58H38N2S/c1-5-18-39(19-6-1)40-32-34-44(35-33-40)60(53-31-17-28-47-56-46-27-14-16-30-52(46)59-38-55(56)61-57(47)53)54-37-49-45-26-13-15-29-50(45)58(42-22-9-3-10-23-42,43-24-11-4-12-25-43)51(49)36-48(54)41-20-7-2-8-21-41/h1-38H. The summed E-state index contributed by atoms with van der Waals surface area (Å²) in [5.41, 5.74) is 16.1. The molecule has 0 amide bonds. The minimum atomic E-state index is -0.530. The van der Waals surface area contributed by atoms with Crippen LogP contribution in [0.15, 0.2) is 231 Å². The lowest BCUT2D eigenvalue weighted by atomic mass is 9.67. The molecule has 0 spiro atoms. The summed E-state index contributed by atoms with van der Waals surface area (Å²) in [6, 6.07) is 82.2. The van der Waals surface area contributed by atoms with Crippen molar-refractivity contribution in [2.24, 2.45) is 0 Å². The molecule has 0 saturated heterocycles. The van der Waals surface area contributed by atoms with Crippen LogP contribution in [0.1, 0.15) is 22.3 Å².